The molecule has 0 spiro atoms. The number of aryl methyl sites for hydroxylation is 3. The second-order valence-corrected chi connectivity index (χ2v) is 6.21. The zero-order valence-corrected chi connectivity index (χ0v) is 15.6. The molecule has 2 heterocycles. The number of carbonyl (C=O) groups is 1. The van der Waals surface area contributed by atoms with Crippen LogP contribution in [0.2, 0.25) is 0 Å². The molecule has 3 aromatic rings. The summed E-state index contributed by atoms with van der Waals surface area (Å²) in [5.74, 6) is -0.182. The molecule has 0 unspecified atom stereocenters. The molecule has 0 radical (unpaired) electrons. The number of rotatable bonds is 5. The normalized spacial score (nSPS) is 10.8. The van der Waals surface area contributed by atoms with Gasteiger partial charge in [0.1, 0.15) is 0 Å². The van der Waals surface area contributed by atoms with Crippen molar-refractivity contribution in [1.82, 2.24) is 20.0 Å². The molecule has 26 heavy (non-hydrogen) atoms. The fourth-order valence-corrected chi connectivity index (χ4v) is 2.99. The third-order valence-electron chi connectivity index (χ3n) is 4.37. The summed E-state index contributed by atoms with van der Waals surface area (Å²) < 4.78 is 1.89. The Morgan fingerprint density at radius 1 is 1.12 bits per heavy atom. The van der Waals surface area contributed by atoms with Crippen molar-refractivity contribution in [2.45, 2.75) is 40.5 Å². The van der Waals surface area contributed by atoms with Gasteiger partial charge in [0.05, 0.1) is 40.2 Å². The Balaban J connectivity index is 1.96. The summed E-state index contributed by atoms with van der Waals surface area (Å²) in [6, 6.07) is 9.84. The SMILES string of the molecule is CCc1nnc(C)cc1C(=O)Nc1cnn(-c2ccccc2C)c1CC. The van der Waals surface area contributed by atoms with Crippen molar-refractivity contribution in [1.29, 1.82) is 0 Å². The zero-order valence-electron chi connectivity index (χ0n) is 15.6. The number of nitrogens with one attached hydrogen (secondary N) is 1. The molecule has 0 aliphatic heterocycles. The summed E-state index contributed by atoms with van der Waals surface area (Å²) in [6.07, 6.45) is 3.10. The number of hydrogen-bond donors (Lipinski definition) is 1. The van der Waals surface area contributed by atoms with Crippen LogP contribution in [0.1, 0.15) is 46.9 Å². The first-order valence-corrected chi connectivity index (χ1v) is 8.82. The largest absolute Gasteiger partial charge is 0.319 e. The van der Waals surface area contributed by atoms with Crippen molar-refractivity contribution >= 4 is 11.6 Å². The minimum atomic E-state index is -0.182. The quantitative estimate of drug-likeness (QED) is 0.763. The fraction of sp³-hybridized carbons (Fsp3) is 0.300. The van der Waals surface area contributed by atoms with Crippen molar-refractivity contribution in [2.75, 3.05) is 5.32 Å². The number of anilines is 1. The second kappa shape index (κ2) is 7.47. The fourth-order valence-electron chi connectivity index (χ4n) is 2.99. The predicted octanol–water partition coefficient (Wildman–Crippen LogP) is 3.66. The molecule has 6 heteroatoms. The molecule has 0 fully saturated rings. The Hall–Kier alpha value is -3.02. The van der Waals surface area contributed by atoms with Gasteiger partial charge in [0, 0.05) is 0 Å². The summed E-state index contributed by atoms with van der Waals surface area (Å²) in [7, 11) is 0. The Bertz CT molecular complexity index is 945. The highest BCUT2D eigenvalue weighted by Gasteiger charge is 2.18. The molecule has 1 N–H and O–H groups in total. The average Bonchev–Trinajstić information content (AvgIpc) is 3.04. The van der Waals surface area contributed by atoms with E-state index in [9.17, 15) is 4.79 Å². The first kappa shape index (κ1) is 17.8. The Labute approximate surface area is 153 Å². The number of para-hydroxylation sites is 1. The molecule has 6 nitrogen and oxygen atoms in total. The molecule has 2 aromatic heterocycles. The maximum absolute atomic E-state index is 12.8. The summed E-state index contributed by atoms with van der Waals surface area (Å²) in [5.41, 5.74) is 5.80. The number of aromatic nitrogens is 4. The maximum atomic E-state index is 12.8. The van der Waals surface area contributed by atoms with Crippen LogP contribution in [0.4, 0.5) is 5.69 Å². The molecule has 0 saturated carbocycles. The van der Waals surface area contributed by atoms with E-state index in [1.54, 1.807) is 12.3 Å². The molecule has 134 valence electrons. The van der Waals surface area contributed by atoms with Crippen molar-refractivity contribution in [3.63, 3.8) is 0 Å². The minimum Gasteiger partial charge on any atom is -0.319 e. The first-order chi connectivity index (χ1) is 12.5. The van der Waals surface area contributed by atoms with Crippen molar-refractivity contribution < 1.29 is 4.79 Å². The molecule has 1 aromatic carbocycles. The average molecular weight is 349 g/mol. The summed E-state index contributed by atoms with van der Waals surface area (Å²) in [5, 5.41) is 15.7. The highest BCUT2D eigenvalue weighted by atomic mass is 16.1. The van der Waals surface area contributed by atoms with Gasteiger partial charge < -0.3 is 5.32 Å². The van der Waals surface area contributed by atoms with Crippen LogP contribution >= 0.6 is 0 Å². The van der Waals surface area contributed by atoms with Crippen LogP contribution in [0.15, 0.2) is 36.5 Å². The van der Waals surface area contributed by atoms with Gasteiger partial charge in [0.15, 0.2) is 0 Å². The second-order valence-electron chi connectivity index (χ2n) is 6.21. The van der Waals surface area contributed by atoms with E-state index in [1.807, 2.05) is 49.7 Å². The number of benzene rings is 1. The monoisotopic (exact) mass is 349 g/mol. The van der Waals surface area contributed by atoms with E-state index in [4.69, 9.17) is 0 Å². The lowest BCUT2D eigenvalue weighted by Gasteiger charge is -2.12. The van der Waals surface area contributed by atoms with Crippen LogP contribution < -0.4 is 5.32 Å². The number of hydrogen-bond acceptors (Lipinski definition) is 4. The molecule has 3 rings (SSSR count). The first-order valence-electron chi connectivity index (χ1n) is 8.82. The van der Waals surface area contributed by atoms with E-state index in [-0.39, 0.29) is 5.91 Å². The Kier molecular flexibility index (Phi) is 5.11. The van der Waals surface area contributed by atoms with Gasteiger partial charge in [-0.25, -0.2) is 4.68 Å². The lowest BCUT2D eigenvalue weighted by Crippen LogP contribution is -2.17. The van der Waals surface area contributed by atoms with Gasteiger partial charge in [-0.3, -0.25) is 4.79 Å². The van der Waals surface area contributed by atoms with Gasteiger partial charge in [-0.2, -0.15) is 15.3 Å². The van der Waals surface area contributed by atoms with Crippen LogP contribution in [-0.4, -0.2) is 25.9 Å². The van der Waals surface area contributed by atoms with Crippen LogP contribution in [0.5, 0.6) is 0 Å². The molecule has 0 aliphatic carbocycles. The molecular weight excluding hydrogens is 326 g/mol. The third-order valence-corrected chi connectivity index (χ3v) is 4.37. The molecule has 0 atom stereocenters. The molecule has 1 amide bonds. The van der Waals surface area contributed by atoms with Gasteiger partial charge in [-0.1, -0.05) is 32.0 Å². The summed E-state index contributed by atoms with van der Waals surface area (Å²) in [6.45, 7) is 7.89. The lowest BCUT2D eigenvalue weighted by atomic mass is 10.1. The van der Waals surface area contributed by atoms with Gasteiger partial charge in [-0.05, 0) is 44.4 Å². The highest BCUT2D eigenvalue weighted by molar-refractivity contribution is 6.05. The van der Waals surface area contributed by atoms with E-state index in [0.717, 1.165) is 34.7 Å². The third kappa shape index (κ3) is 3.35. The molecular formula is C20H23N5O. The highest BCUT2D eigenvalue weighted by Crippen LogP contribution is 2.23. The molecule has 0 saturated heterocycles. The van der Waals surface area contributed by atoms with Gasteiger partial charge >= 0.3 is 0 Å². The predicted molar refractivity (Wildman–Crippen MR) is 102 cm³/mol. The minimum absolute atomic E-state index is 0.182. The van der Waals surface area contributed by atoms with Gasteiger partial charge in [0.2, 0.25) is 0 Å². The van der Waals surface area contributed by atoms with Crippen LogP contribution in [0.3, 0.4) is 0 Å². The van der Waals surface area contributed by atoms with Crippen LogP contribution in [0, 0.1) is 13.8 Å². The standard InChI is InChI=1S/C20H23N5O/c1-5-16-15(11-14(4)23-24-16)20(26)22-17-12-21-25(18(17)6-2)19-10-8-7-9-13(19)3/h7-12H,5-6H2,1-4H3,(H,22,26). The van der Waals surface area contributed by atoms with Gasteiger partial charge in [-0.15, -0.1) is 0 Å². The van der Waals surface area contributed by atoms with Crippen LogP contribution in [0.25, 0.3) is 5.69 Å². The summed E-state index contributed by atoms with van der Waals surface area (Å²) >= 11 is 0. The maximum Gasteiger partial charge on any atom is 0.257 e. The number of nitrogens with zero attached hydrogens (tertiary/aromatic N) is 4. The van der Waals surface area contributed by atoms with E-state index in [2.05, 4.69) is 27.5 Å². The van der Waals surface area contributed by atoms with E-state index >= 15 is 0 Å². The summed E-state index contributed by atoms with van der Waals surface area (Å²) in [4.78, 5) is 12.8. The Morgan fingerprint density at radius 3 is 2.58 bits per heavy atom. The van der Waals surface area contributed by atoms with E-state index in [0.29, 0.717) is 17.7 Å². The topological polar surface area (TPSA) is 72.7 Å². The van der Waals surface area contributed by atoms with Crippen molar-refractivity contribution in [2.24, 2.45) is 0 Å². The molecule has 0 bridgehead atoms. The van der Waals surface area contributed by atoms with E-state index < -0.39 is 0 Å². The number of amides is 1. The van der Waals surface area contributed by atoms with Crippen molar-refractivity contribution in [3.8, 4) is 5.69 Å². The number of carbonyl (C=O) groups excluding carboxylic acids is 1. The van der Waals surface area contributed by atoms with Crippen molar-refractivity contribution in [3.05, 3.63) is 64.7 Å². The zero-order chi connectivity index (χ0) is 18.7. The van der Waals surface area contributed by atoms with Gasteiger partial charge in [0.25, 0.3) is 5.91 Å². The lowest BCUT2D eigenvalue weighted by molar-refractivity contribution is 0.102. The van der Waals surface area contributed by atoms with Crippen LogP contribution in [-0.2, 0) is 12.8 Å². The molecule has 0 aliphatic rings. The smallest absolute Gasteiger partial charge is 0.257 e. The van der Waals surface area contributed by atoms with E-state index in [1.165, 1.54) is 0 Å². The Morgan fingerprint density at radius 2 is 1.88 bits per heavy atom.